The van der Waals surface area contributed by atoms with Gasteiger partial charge < -0.3 is 9.64 Å². The molecule has 1 aliphatic rings. The molecule has 150 valence electrons. The van der Waals surface area contributed by atoms with Crippen molar-refractivity contribution in [1.82, 2.24) is 4.90 Å². The molecule has 0 spiro atoms. The minimum atomic E-state index is -3.14. The van der Waals surface area contributed by atoms with Crippen LogP contribution < -0.4 is 0 Å². The fraction of sp³-hybridized carbons (Fsp3) is 0.400. The lowest BCUT2D eigenvalue weighted by Crippen LogP contribution is -2.42. The molecule has 1 amide bonds. The molecule has 1 saturated heterocycles. The van der Waals surface area contributed by atoms with Crippen molar-refractivity contribution in [3.8, 4) is 0 Å². The van der Waals surface area contributed by atoms with Crippen LogP contribution in [0.1, 0.15) is 32.1 Å². The van der Waals surface area contributed by atoms with Gasteiger partial charge in [0.1, 0.15) is 0 Å². The van der Waals surface area contributed by atoms with Crippen molar-refractivity contribution >= 4 is 33.1 Å². The van der Waals surface area contributed by atoms with E-state index >= 15 is 0 Å². The SMILES string of the molecule is Cc1cc(C(=O)OCC(=O)N(Cc2ccccc2)[C@@H]2CCS(=O)(=O)C2)c(C)s1. The molecule has 0 saturated carbocycles. The second kappa shape index (κ2) is 8.45. The van der Waals surface area contributed by atoms with E-state index in [1.165, 1.54) is 16.2 Å². The summed E-state index contributed by atoms with van der Waals surface area (Å²) in [5.74, 6) is -0.899. The third-order valence-corrected chi connectivity index (χ3v) is 7.47. The van der Waals surface area contributed by atoms with E-state index in [0.29, 0.717) is 12.0 Å². The second-order valence-electron chi connectivity index (χ2n) is 6.97. The molecule has 6 nitrogen and oxygen atoms in total. The Labute approximate surface area is 169 Å². The molecular weight excluding hydrogens is 398 g/mol. The molecule has 0 bridgehead atoms. The number of nitrogens with zero attached hydrogens (tertiary/aromatic N) is 1. The largest absolute Gasteiger partial charge is 0.452 e. The zero-order valence-electron chi connectivity index (χ0n) is 15.9. The van der Waals surface area contributed by atoms with Crippen LogP contribution in [0.2, 0.25) is 0 Å². The maximum atomic E-state index is 12.8. The van der Waals surface area contributed by atoms with E-state index < -0.39 is 28.5 Å². The number of rotatable bonds is 6. The molecule has 0 aliphatic carbocycles. The minimum Gasteiger partial charge on any atom is -0.452 e. The smallest absolute Gasteiger partial charge is 0.339 e. The Kier molecular flexibility index (Phi) is 6.20. The Bertz CT molecular complexity index is 966. The van der Waals surface area contributed by atoms with Crippen LogP contribution in [-0.4, -0.2) is 49.3 Å². The number of hydrogen-bond donors (Lipinski definition) is 0. The molecule has 1 aliphatic heterocycles. The molecule has 1 fully saturated rings. The van der Waals surface area contributed by atoms with Crippen LogP contribution in [0.15, 0.2) is 36.4 Å². The number of sulfone groups is 1. The molecule has 0 unspecified atom stereocenters. The van der Waals surface area contributed by atoms with Gasteiger partial charge in [-0.15, -0.1) is 11.3 Å². The molecule has 1 aromatic heterocycles. The number of thiophene rings is 1. The van der Waals surface area contributed by atoms with Gasteiger partial charge in [0, 0.05) is 22.3 Å². The molecule has 0 N–H and O–H groups in total. The number of carbonyl (C=O) groups is 2. The third kappa shape index (κ3) is 4.99. The van der Waals surface area contributed by atoms with Crippen molar-refractivity contribution < 1.29 is 22.7 Å². The number of esters is 1. The number of benzene rings is 1. The van der Waals surface area contributed by atoms with Gasteiger partial charge in [0.15, 0.2) is 16.4 Å². The fourth-order valence-electron chi connectivity index (χ4n) is 3.34. The molecule has 2 aromatic rings. The van der Waals surface area contributed by atoms with Crippen LogP contribution in [0.4, 0.5) is 0 Å². The second-order valence-corrected chi connectivity index (χ2v) is 10.7. The number of hydrogen-bond acceptors (Lipinski definition) is 6. The number of aryl methyl sites for hydroxylation is 2. The molecule has 3 rings (SSSR count). The van der Waals surface area contributed by atoms with Crippen molar-refractivity contribution in [2.24, 2.45) is 0 Å². The van der Waals surface area contributed by atoms with Gasteiger partial charge in [-0.05, 0) is 31.9 Å². The molecule has 2 heterocycles. The first-order valence-corrected chi connectivity index (χ1v) is 11.7. The van der Waals surface area contributed by atoms with E-state index in [4.69, 9.17) is 4.74 Å². The summed E-state index contributed by atoms with van der Waals surface area (Å²) in [6.07, 6.45) is 0.400. The Morgan fingerprint density at radius 1 is 1.21 bits per heavy atom. The van der Waals surface area contributed by atoms with Gasteiger partial charge in [-0.2, -0.15) is 0 Å². The van der Waals surface area contributed by atoms with E-state index in [0.717, 1.165) is 15.3 Å². The third-order valence-electron chi connectivity index (χ3n) is 4.75. The van der Waals surface area contributed by atoms with Crippen molar-refractivity contribution in [3.05, 3.63) is 57.3 Å². The Balaban J connectivity index is 1.71. The summed E-state index contributed by atoms with van der Waals surface area (Å²) in [6.45, 7) is 3.62. The lowest BCUT2D eigenvalue weighted by molar-refractivity contribution is -0.137. The Morgan fingerprint density at radius 3 is 2.50 bits per heavy atom. The van der Waals surface area contributed by atoms with Gasteiger partial charge in [0.25, 0.3) is 5.91 Å². The Hall–Kier alpha value is -2.19. The summed E-state index contributed by atoms with van der Waals surface area (Å²) < 4.78 is 29.0. The van der Waals surface area contributed by atoms with E-state index in [-0.39, 0.29) is 24.0 Å². The fourth-order valence-corrected chi connectivity index (χ4v) is 5.99. The zero-order valence-corrected chi connectivity index (χ0v) is 17.5. The highest BCUT2D eigenvalue weighted by Crippen LogP contribution is 2.22. The maximum absolute atomic E-state index is 12.8. The van der Waals surface area contributed by atoms with Crippen molar-refractivity contribution in [2.75, 3.05) is 18.1 Å². The highest BCUT2D eigenvalue weighted by Gasteiger charge is 2.35. The van der Waals surface area contributed by atoms with E-state index in [9.17, 15) is 18.0 Å². The summed E-state index contributed by atoms with van der Waals surface area (Å²) >= 11 is 1.50. The molecule has 0 radical (unpaired) electrons. The van der Waals surface area contributed by atoms with Gasteiger partial charge >= 0.3 is 5.97 Å². The van der Waals surface area contributed by atoms with Crippen LogP contribution in [0.25, 0.3) is 0 Å². The highest BCUT2D eigenvalue weighted by molar-refractivity contribution is 7.91. The van der Waals surface area contributed by atoms with Gasteiger partial charge in [-0.3, -0.25) is 4.79 Å². The first-order valence-electron chi connectivity index (χ1n) is 9.03. The van der Waals surface area contributed by atoms with Crippen molar-refractivity contribution in [1.29, 1.82) is 0 Å². The first-order chi connectivity index (χ1) is 13.2. The standard InChI is InChI=1S/C20H23NO5S2/c1-14-10-18(15(2)27-14)20(23)26-12-19(22)21(11-16-6-4-3-5-7-16)17-8-9-28(24,25)13-17/h3-7,10,17H,8-9,11-13H2,1-2H3/t17-/m1/s1. The summed E-state index contributed by atoms with van der Waals surface area (Å²) in [5, 5.41) is 0. The Morgan fingerprint density at radius 2 is 1.93 bits per heavy atom. The van der Waals surface area contributed by atoms with Crippen molar-refractivity contribution in [3.63, 3.8) is 0 Å². The van der Waals surface area contributed by atoms with E-state index in [1.54, 1.807) is 6.07 Å². The van der Waals surface area contributed by atoms with Gasteiger partial charge in [0.2, 0.25) is 0 Å². The van der Waals surface area contributed by atoms with Gasteiger partial charge in [-0.1, -0.05) is 30.3 Å². The minimum absolute atomic E-state index is 0.0532. The maximum Gasteiger partial charge on any atom is 0.339 e. The highest BCUT2D eigenvalue weighted by atomic mass is 32.2. The summed E-state index contributed by atoms with van der Waals surface area (Å²) in [7, 11) is -3.14. The molecule has 8 heteroatoms. The van der Waals surface area contributed by atoms with Gasteiger partial charge in [0.05, 0.1) is 17.1 Å². The molecule has 1 atom stereocenters. The monoisotopic (exact) mass is 421 g/mol. The normalized spacial score (nSPS) is 18.0. The first kappa shape index (κ1) is 20.5. The average molecular weight is 422 g/mol. The molecular formula is C20H23NO5S2. The van der Waals surface area contributed by atoms with E-state index in [2.05, 4.69) is 0 Å². The predicted octanol–water partition coefficient (Wildman–Crippen LogP) is 2.74. The lowest BCUT2D eigenvalue weighted by atomic mass is 10.1. The van der Waals surface area contributed by atoms with Crippen molar-refractivity contribution in [2.45, 2.75) is 32.9 Å². The topological polar surface area (TPSA) is 80.8 Å². The molecule has 28 heavy (non-hydrogen) atoms. The summed E-state index contributed by atoms with van der Waals surface area (Å²) in [4.78, 5) is 28.5. The number of amides is 1. The zero-order chi connectivity index (χ0) is 20.3. The average Bonchev–Trinajstić information content (AvgIpc) is 3.18. The number of carbonyl (C=O) groups excluding carboxylic acids is 2. The van der Waals surface area contributed by atoms with Crippen LogP contribution >= 0.6 is 11.3 Å². The summed E-state index contributed by atoms with van der Waals surface area (Å²) in [6, 6.07) is 10.7. The van der Waals surface area contributed by atoms with Crippen LogP contribution in [-0.2, 0) is 25.9 Å². The van der Waals surface area contributed by atoms with E-state index in [1.807, 2.05) is 44.2 Å². The number of ether oxygens (including phenoxy) is 1. The quantitative estimate of drug-likeness (QED) is 0.670. The summed E-state index contributed by atoms with van der Waals surface area (Å²) in [5.41, 5.74) is 1.36. The van der Waals surface area contributed by atoms with Crippen LogP contribution in [0, 0.1) is 13.8 Å². The lowest BCUT2D eigenvalue weighted by Gasteiger charge is -2.28. The van der Waals surface area contributed by atoms with Crippen LogP contribution in [0.5, 0.6) is 0 Å². The van der Waals surface area contributed by atoms with Gasteiger partial charge in [-0.25, -0.2) is 13.2 Å². The predicted molar refractivity (Wildman–Crippen MR) is 108 cm³/mol. The van der Waals surface area contributed by atoms with Crippen LogP contribution in [0.3, 0.4) is 0 Å². The molecule has 1 aromatic carbocycles.